The predicted octanol–water partition coefficient (Wildman–Crippen LogP) is 2.04. The number of amides is 1. The second kappa shape index (κ2) is 8.12. The second-order valence-corrected chi connectivity index (χ2v) is 6.34. The van der Waals surface area contributed by atoms with Crippen molar-refractivity contribution in [2.75, 3.05) is 7.11 Å². The number of rotatable bonds is 6. The molecule has 0 unspecified atom stereocenters. The van der Waals surface area contributed by atoms with Crippen molar-refractivity contribution in [2.45, 2.75) is 46.7 Å². The summed E-state index contributed by atoms with van der Waals surface area (Å²) in [5.74, 6) is -1.23. The van der Waals surface area contributed by atoms with Gasteiger partial charge in [0.2, 0.25) is 5.43 Å². The Labute approximate surface area is 152 Å². The Hall–Kier alpha value is -2.70. The topological polar surface area (TPSA) is 90.3 Å². The van der Waals surface area contributed by atoms with Crippen LogP contribution < -0.4 is 10.7 Å². The first kappa shape index (κ1) is 19.6. The van der Waals surface area contributed by atoms with E-state index in [0.29, 0.717) is 24.0 Å². The summed E-state index contributed by atoms with van der Waals surface area (Å²) in [6.07, 6.45) is 2.18. The third kappa shape index (κ3) is 3.76. The van der Waals surface area contributed by atoms with E-state index in [0.717, 1.165) is 5.69 Å². The molecule has 0 aliphatic rings. The molecule has 2 atom stereocenters. The summed E-state index contributed by atoms with van der Waals surface area (Å²) >= 11 is 0. The Morgan fingerprint density at radius 3 is 2.58 bits per heavy atom. The molecule has 140 valence electrons. The molecule has 0 aromatic carbocycles. The molecular weight excluding hydrogens is 334 g/mol. The minimum atomic E-state index is -0.807. The standard InChI is InChI=1S/C19H25N3O4/c1-6-11(3)15(19(25)26-5)21-18(24)14-10-22(7-2)17-13(16(14)23)9-8-12(4)20-17/h8-11,15H,6-7H2,1-5H3,(H,21,24)/t11-,15+/m1/s1. The Kier molecular flexibility index (Phi) is 6.13. The van der Waals surface area contributed by atoms with Gasteiger partial charge in [0.25, 0.3) is 5.91 Å². The Morgan fingerprint density at radius 2 is 2.00 bits per heavy atom. The molecule has 2 heterocycles. The van der Waals surface area contributed by atoms with E-state index >= 15 is 0 Å². The lowest BCUT2D eigenvalue weighted by Crippen LogP contribution is -2.46. The van der Waals surface area contributed by atoms with Crippen LogP contribution in [-0.4, -0.2) is 34.6 Å². The number of hydrogen-bond acceptors (Lipinski definition) is 5. The molecule has 1 N–H and O–H groups in total. The van der Waals surface area contributed by atoms with Crippen molar-refractivity contribution in [1.29, 1.82) is 0 Å². The molecule has 7 heteroatoms. The fourth-order valence-electron chi connectivity index (χ4n) is 2.78. The number of aryl methyl sites for hydroxylation is 2. The van der Waals surface area contributed by atoms with Crippen molar-refractivity contribution < 1.29 is 14.3 Å². The lowest BCUT2D eigenvalue weighted by Gasteiger charge is -2.22. The molecule has 0 aliphatic heterocycles. The van der Waals surface area contributed by atoms with E-state index in [1.165, 1.54) is 13.3 Å². The van der Waals surface area contributed by atoms with Crippen LogP contribution in [-0.2, 0) is 16.1 Å². The lowest BCUT2D eigenvalue weighted by molar-refractivity contribution is -0.144. The van der Waals surface area contributed by atoms with E-state index in [2.05, 4.69) is 10.3 Å². The molecule has 0 saturated carbocycles. The van der Waals surface area contributed by atoms with Crippen LogP contribution in [0.2, 0.25) is 0 Å². The van der Waals surface area contributed by atoms with Crippen LogP contribution in [0.25, 0.3) is 11.0 Å². The summed E-state index contributed by atoms with van der Waals surface area (Å²) < 4.78 is 6.54. The van der Waals surface area contributed by atoms with E-state index in [-0.39, 0.29) is 11.5 Å². The van der Waals surface area contributed by atoms with Gasteiger partial charge in [0.1, 0.15) is 17.3 Å². The van der Waals surface area contributed by atoms with Gasteiger partial charge in [-0.2, -0.15) is 0 Å². The molecule has 0 aliphatic carbocycles. The fourth-order valence-corrected chi connectivity index (χ4v) is 2.78. The third-order valence-corrected chi connectivity index (χ3v) is 4.60. The van der Waals surface area contributed by atoms with Crippen LogP contribution >= 0.6 is 0 Å². The molecule has 0 bridgehead atoms. The van der Waals surface area contributed by atoms with Crippen LogP contribution in [0.5, 0.6) is 0 Å². The van der Waals surface area contributed by atoms with Gasteiger partial charge in [-0.1, -0.05) is 20.3 Å². The van der Waals surface area contributed by atoms with Gasteiger partial charge in [-0.15, -0.1) is 0 Å². The summed E-state index contributed by atoms with van der Waals surface area (Å²) in [6.45, 7) is 8.07. The van der Waals surface area contributed by atoms with Gasteiger partial charge in [-0.25, -0.2) is 9.78 Å². The minimum absolute atomic E-state index is 0.0118. The van der Waals surface area contributed by atoms with Crippen molar-refractivity contribution in [1.82, 2.24) is 14.9 Å². The Morgan fingerprint density at radius 1 is 1.31 bits per heavy atom. The van der Waals surface area contributed by atoms with Crippen LogP contribution in [0.4, 0.5) is 0 Å². The van der Waals surface area contributed by atoms with E-state index in [1.807, 2.05) is 27.7 Å². The minimum Gasteiger partial charge on any atom is -0.467 e. The molecule has 0 fully saturated rings. The van der Waals surface area contributed by atoms with Crippen LogP contribution in [0, 0.1) is 12.8 Å². The highest BCUT2D eigenvalue weighted by atomic mass is 16.5. The normalized spacial score (nSPS) is 13.3. The summed E-state index contributed by atoms with van der Waals surface area (Å²) in [7, 11) is 1.28. The average Bonchev–Trinajstić information content (AvgIpc) is 2.64. The molecule has 2 rings (SSSR count). The van der Waals surface area contributed by atoms with Crippen molar-refractivity contribution >= 4 is 22.9 Å². The number of esters is 1. The number of nitrogens with zero attached hydrogens (tertiary/aromatic N) is 2. The number of carbonyl (C=O) groups is 2. The van der Waals surface area contributed by atoms with E-state index in [1.54, 1.807) is 16.7 Å². The third-order valence-electron chi connectivity index (χ3n) is 4.60. The maximum absolute atomic E-state index is 12.8. The zero-order valence-electron chi connectivity index (χ0n) is 15.8. The summed E-state index contributed by atoms with van der Waals surface area (Å²) in [5.41, 5.74) is 0.920. The van der Waals surface area contributed by atoms with Crippen LogP contribution in [0.15, 0.2) is 23.1 Å². The SMILES string of the molecule is CC[C@@H](C)[C@H](NC(=O)c1cn(CC)c2nc(C)ccc2c1=O)C(=O)OC. The highest BCUT2D eigenvalue weighted by Gasteiger charge is 2.28. The highest BCUT2D eigenvalue weighted by Crippen LogP contribution is 2.13. The van der Waals surface area contributed by atoms with Crippen molar-refractivity contribution in [3.05, 3.63) is 39.8 Å². The number of fused-ring (bicyclic) bond motifs is 1. The Bertz CT molecular complexity index is 888. The molecule has 2 aromatic rings. The first-order valence-electron chi connectivity index (χ1n) is 8.73. The molecular formula is C19H25N3O4. The number of methoxy groups -OCH3 is 1. The van der Waals surface area contributed by atoms with E-state index in [9.17, 15) is 14.4 Å². The maximum Gasteiger partial charge on any atom is 0.328 e. The lowest BCUT2D eigenvalue weighted by atomic mass is 9.99. The van der Waals surface area contributed by atoms with Gasteiger partial charge < -0.3 is 14.6 Å². The fraction of sp³-hybridized carbons (Fsp3) is 0.474. The van der Waals surface area contributed by atoms with E-state index in [4.69, 9.17) is 4.74 Å². The van der Waals surface area contributed by atoms with Crippen molar-refractivity contribution in [3.8, 4) is 0 Å². The molecule has 26 heavy (non-hydrogen) atoms. The Balaban J connectivity index is 2.50. The van der Waals surface area contributed by atoms with Gasteiger partial charge in [0, 0.05) is 18.4 Å². The van der Waals surface area contributed by atoms with Gasteiger partial charge in [-0.05, 0) is 31.9 Å². The largest absolute Gasteiger partial charge is 0.467 e. The smallest absolute Gasteiger partial charge is 0.328 e. The zero-order chi connectivity index (χ0) is 19.4. The molecule has 0 saturated heterocycles. The van der Waals surface area contributed by atoms with Crippen molar-refractivity contribution in [2.24, 2.45) is 5.92 Å². The highest BCUT2D eigenvalue weighted by molar-refractivity contribution is 5.98. The van der Waals surface area contributed by atoms with Crippen LogP contribution in [0.1, 0.15) is 43.2 Å². The predicted molar refractivity (Wildman–Crippen MR) is 99.1 cm³/mol. The molecule has 1 amide bonds. The number of aromatic nitrogens is 2. The van der Waals surface area contributed by atoms with Crippen molar-refractivity contribution in [3.63, 3.8) is 0 Å². The number of hydrogen-bond donors (Lipinski definition) is 1. The van der Waals surface area contributed by atoms with Gasteiger partial charge in [0.05, 0.1) is 12.5 Å². The quantitative estimate of drug-likeness (QED) is 0.797. The molecule has 0 spiro atoms. The van der Waals surface area contributed by atoms with Gasteiger partial charge in [0.15, 0.2) is 0 Å². The monoisotopic (exact) mass is 359 g/mol. The number of ether oxygens (including phenoxy) is 1. The number of pyridine rings is 2. The zero-order valence-corrected chi connectivity index (χ0v) is 15.8. The van der Waals surface area contributed by atoms with Gasteiger partial charge in [-0.3, -0.25) is 9.59 Å². The summed E-state index contributed by atoms with van der Waals surface area (Å²) in [6, 6.07) is 2.61. The molecule has 2 aromatic heterocycles. The first-order chi connectivity index (χ1) is 12.3. The average molecular weight is 359 g/mol. The maximum atomic E-state index is 12.8. The van der Waals surface area contributed by atoms with Gasteiger partial charge >= 0.3 is 5.97 Å². The molecule has 7 nitrogen and oxygen atoms in total. The van der Waals surface area contributed by atoms with Crippen LogP contribution in [0.3, 0.4) is 0 Å². The van der Waals surface area contributed by atoms with E-state index < -0.39 is 23.3 Å². The summed E-state index contributed by atoms with van der Waals surface area (Å²) in [5, 5.41) is 3.03. The first-order valence-corrected chi connectivity index (χ1v) is 8.73. The second-order valence-electron chi connectivity index (χ2n) is 6.34. The summed E-state index contributed by atoms with van der Waals surface area (Å²) in [4.78, 5) is 41.9. The molecule has 0 radical (unpaired) electrons. The number of nitrogens with one attached hydrogen (secondary N) is 1. The number of carbonyl (C=O) groups excluding carboxylic acids is 2.